The van der Waals surface area contributed by atoms with Gasteiger partial charge in [-0.2, -0.15) is 5.10 Å². The first-order valence-corrected chi connectivity index (χ1v) is 12.9. The highest BCUT2D eigenvalue weighted by molar-refractivity contribution is 7.92. The Labute approximate surface area is 216 Å². The highest BCUT2D eigenvalue weighted by Gasteiger charge is 2.27. The molecule has 0 saturated heterocycles. The summed E-state index contributed by atoms with van der Waals surface area (Å²) in [5.74, 6) is -0.356. The lowest BCUT2D eigenvalue weighted by Gasteiger charge is -2.24. The summed E-state index contributed by atoms with van der Waals surface area (Å²) >= 11 is 0. The van der Waals surface area contributed by atoms with Gasteiger partial charge in [0, 0.05) is 0 Å². The van der Waals surface area contributed by atoms with Gasteiger partial charge in [0.25, 0.3) is 15.9 Å². The second-order valence-corrected chi connectivity index (χ2v) is 10.2. The van der Waals surface area contributed by atoms with Crippen molar-refractivity contribution in [1.82, 2.24) is 5.43 Å². The summed E-state index contributed by atoms with van der Waals surface area (Å²) in [6.07, 6.45) is 1.41. The number of ether oxygens (including phenoxy) is 2. The number of rotatable bonds is 11. The molecule has 3 rings (SSSR count). The van der Waals surface area contributed by atoms with Crippen molar-refractivity contribution in [3.05, 3.63) is 90.0 Å². The van der Waals surface area contributed by atoms with Crippen molar-refractivity contribution in [3.8, 4) is 5.75 Å². The number of hydrogen-bond acceptors (Lipinski definition) is 7. The van der Waals surface area contributed by atoms with Gasteiger partial charge in [-0.25, -0.2) is 18.6 Å². The van der Waals surface area contributed by atoms with Gasteiger partial charge in [0.1, 0.15) is 12.3 Å². The van der Waals surface area contributed by atoms with Gasteiger partial charge in [0.2, 0.25) is 0 Å². The summed E-state index contributed by atoms with van der Waals surface area (Å²) in [5, 5.41) is 3.94. The zero-order chi connectivity index (χ0) is 26.8. The molecule has 0 radical (unpaired) electrons. The first-order chi connectivity index (χ1) is 17.7. The Balaban J connectivity index is 1.71. The van der Waals surface area contributed by atoms with E-state index >= 15 is 0 Å². The number of amides is 1. The second-order valence-electron chi connectivity index (χ2n) is 8.30. The van der Waals surface area contributed by atoms with Gasteiger partial charge in [0.15, 0.2) is 6.61 Å². The molecule has 1 N–H and O–H groups in total. The van der Waals surface area contributed by atoms with E-state index in [9.17, 15) is 18.0 Å². The SMILES string of the molecule is COC(=O)COc1ccc(/C=N\NC(=O)CN(c2ccc(C(C)C)cc2)S(=O)(=O)c2ccccc2)cc1. The van der Waals surface area contributed by atoms with Gasteiger partial charge in [-0.05, 0) is 65.6 Å². The lowest BCUT2D eigenvalue weighted by Crippen LogP contribution is -2.39. The third-order valence-electron chi connectivity index (χ3n) is 5.33. The first-order valence-electron chi connectivity index (χ1n) is 11.5. The van der Waals surface area contributed by atoms with Gasteiger partial charge < -0.3 is 9.47 Å². The van der Waals surface area contributed by atoms with Crippen LogP contribution in [0.1, 0.15) is 30.9 Å². The Morgan fingerprint density at radius 1 is 0.973 bits per heavy atom. The summed E-state index contributed by atoms with van der Waals surface area (Å²) in [4.78, 5) is 23.9. The Morgan fingerprint density at radius 3 is 2.22 bits per heavy atom. The number of anilines is 1. The Bertz CT molecular complexity index is 1320. The van der Waals surface area contributed by atoms with Gasteiger partial charge in [-0.15, -0.1) is 0 Å². The maximum absolute atomic E-state index is 13.4. The molecular formula is C27H29N3O6S. The zero-order valence-electron chi connectivity index (χ0n) is 20.8. The molecule has 0 unspecified atom stereocenters. The predicted molar refractivity (Wildman–Crippen MR) is 141 cm³/mol. The van der Waals surface area contributed by atoms with Gasteiger partial charge in [-0.3, -0.25) is 9.10 Å². The number of hydrogen-bond donors (Lipinski definition) is 1. The standard InChI is InChI=1S/C27H29N3O6S/c1-20(2)22-11-13-23(14-12-22)30(37(33,34)25-7-5-4-6-8-25)18-26(31)29-28-17-21-9-15-24(16-10-21)36-19-27(32)35-3/h4-17,20H,18-19H2,1-3H3,(H,29,31)/b28-17-. The minimum Gasteiger partial charge on any atom is -0.482 e. The molecule has 37 heavy (non-hydrogen) atoms. The van der Waals surface area contributed by atoms with Crippen LogP contribution in [0.3, 0.4) is 0 Å². The number of carbonyl (C=O) groups excluding carboxylic acids is 2. The van der Waals surface area contributed by atoms with E-state index < -0.39 is 28.4 Å². The topological polar surface area (TPSA) is 114 Å². The van der Waals surface area contributed by atoms with Crippen molar-refractivity contribution in [2.75, 3.05) is 24.6 Å². The third kappa shape index (κ3) is 7.65. The molecular weight excluding hydrogens is 494 g/mol. The molecule has 0 spiro atoms. The van der Waals surface area contributed by atoms with Crippen molar-refractivity contribution in [2.24, 2.45) is 5.10 Å². The van der Waals surface area contributed by atoms with Crippen LogP contribution in [0, 0.1) is 0 Å². The van der Waals surface area contributed by atoms with Gasteiger partial charge in [0.05, 0.1) is 23.9 Å². The summed E-state index contributed by atoms with van der Waals surface area (Å²) in [6.45, 7) is 3.42. The molecule has 0 aliphatic carbocycles. The number of benzene rings is 3. The molecule has 194 valence electrons. The van der Waals surface area contributed by atoms with E-state index in [-0.39, 0.29) is 17.4 Å². The molecule has 0 bridgehead atoms. The first kappa shape index (κ1) is 27.4. The fourth-order valence-electron chi connectivity index (χ4n) is 3.26. The maximum Gasteiger partial charge on any atom is 0.343 e. The molecule has 0 atom stereocenters. The van der Waals surface area contributed by atoms with Crippen LogP contribution in [-0.4, -0.2) is 46.8 Å². The molecule has 3 aromatic carbocycles. The number of nitrogens with zero attached hydrogens (tertiary/aromatic N) is 2. The van der Waals surface area contributed by atoms with Crippen LogP contribution in [0.25, 0.3) is 0 Å². The summed E-state index contributed by atoms with van der Waals surface area (Å²) in [5.41, 5.74) is 4.46. The minimum atomic E-state index is -4.00. The van der Waals surface area contributed by atoms with Crippen LogP contribution in [-0.2, 0) is 24.3 Å². The van der Waals surface area contributed by atoms with Gasteiger partial charge >= 0.3 is 5.97 Å². The van der Waals surface area contributed by atoms with Crippen molar-refractivity contribution >= 4 is 33.8 Å². The van der Waals surface area contributed by atoms with Crippen LogP contribution in [0.15, 0.2) is 88.9 Å². The average molecular weight is 524 g/mol. The summed E-state index contributed by atoms with van der Waals surface area (Å²) < 4.78 is 37.7. The molecule has 0 aliphatic rings. The average Bonchev–Trinajstić information content (AvgIpc) is 2.91. The van der Waals surface area contributed by atoms with Crippen molar-refractivity contribution in [2.45, 2.75) is 24.7 Å². The molecule has 0 heterocycles. The van der Waals surface area contributed by atoms with Crippen LogP contribution in [0.2, 0.25) is 0 Å². The van der Waals surface area contributed by atoms with E-state index in [0.29, 0.717) is 17.0 Å². The Kier molecular flexibility index (Phi) is 9.39. The lowest BCUT2D eigenvalue weighted by molar-refractivity contribution is -0.142. The van der Waals surface area contributed by atoms with Crippen molar-refractivity contribution in [1.29, 1.82) is 0 Å². The predicted octanol–water partition coefficient (Wildman–Crippen LogP) is 3.71. The number of esters is 1. The zero-order valence-corrected chi connectivity index (χ0v) is 21.6. The van der Waals surface area contributed by atoms with E-state index in [4.69, 9.17) is 4.74 Å². The van der Waals surface area contributed by atoms with E-state index in [2.05, 4.69) is 15.3 Å². The second kappa shape index (κ2) is 12.7. The Morgan fingerprint density at radius 2 is 1.62 bits per heavy atom. The third-order valence-corrected chi connectivity index (χ3v) is 7.12. The van der Waals surface area contributed by atoms with Crippen molar-refractivity contribution < 1.29 is 27.5 Å². The fraction of sp³-hybridized carbons (Fsp3) is 0.222. The smallest absolute Gasteiger partial charge is 0.343 e. The van der Waals surface area contributed by atoms with E-state index in [0.717, 1.165) is 9.87 Å². The number of methoxy groups -OCH3 is 1. The number of sulfonamides is 1. The molecule has 0 fully saturated rings. The quantitative estimate of drug-likeness (QED) is 0.233. The van der Waals surface area contributed by atoms with E-state index in [1.54, 1.807) is 54.6 Å². The fourth-order valence-corrected chi connectivity index (χ4v) is 4.70. The largest absolute Gasteiger partial charge is 0.482 e. The highest BCUT2D eigenvalue weighted by Crippen LogP contribution is 2.25. The number of carbonyl (C=O) groups is 2. The van der Waals surface area contributed by atoms with Crippen LogP contribution < -0.4 is 14.5 Å². The Hall–Kier alpha value is -4.18. The molecule has 0 aliphatic heterocycles. The van der Waals surface area contributed by atoms with Crippen LogP contribution >= 0.6 is 0 Å². The summed E-state index contributed by atoms with van der Waals surface area (Å²) in [6, 6.07) is 21.7. The molecule has 0 aromatic heterocycles. The molecule has 3 aromatic rings. The monoisotopic (exact) mass is 523 g/mol. The number of hydrazone groups is 1. The van der Waals surface area contributed by atoms with E-state index in [1.165, 1.54) is 25.5 Å². The maximum atomic E-state index is 13.4. The molecule has 0 saturated carbocycles. The summed E-state index contributed by atoms with van der Waals surface area (Å²) in [7, 11) is -2.73. The lowest BCUT2D eigenvalue weighted by atomic mass is 10.0. The van der Waals surface area contributed by atoms with Crippen LogP contribution in [0.5, 0.6) is 5.75 Å². The highest BCUT2D eigenvalue weighted by atomic mass is 32.2. The molecule has 9 nitrogen and oxygen atoms in total. The minimum absolute atomic E-state index is 0.0775. The van der Waals surface area contributed by atoms with Gasteiger partial charge in [-0.1, -0.05) is 44.2 Å². The van der Waals surface area contributed by atoms with Crippen LogP contribution in [0.4, 0.5) is 5.69 Å². The normalized spacial score (nSPS) is 11.4. The molecule has 1 amide bonds. The number of nitrogens with one attached hydrogen (secondary N) is 1. The molecule has 10 heteroatoms. The van der Waals surface area contributed by atoms with E-state index in [1.807, 2.05) is 26.0 Å². The van der Waals surface area contributed by atoms with Crippen molar-refractivity contribution in [3.63, 3.8) is 0 Å².